The van der Waals surface area contributed by atoms with E-state index in [0.717, 1.165) is 13.1 Å². The minimum Gasteiger partial charge on any atom is -0.441 e. The van der Waals surface area contributed by atoms with Crippen LogP contribution in [0.15, 0.2) is 46.4 Å². The van der Waals surface area contributed by atoms with Crippen LogP contribution in [0.3, 0.4) is 0 Å². The van der Waals surface area contributed by atoms with E-state index in [0.29, 0.717) is 24.9 Å². The Morgan fingerprint density at radius 1 is 1.24 bits per heavy atom. The first kappa shape index (κ1) is 16.7. The molecule has 2 aromatic rings. The number of morpholine rings is 1. The number of carbonyl (C=O) groups is 1. The number of amides is 1. The van der Waals surface area contributed by atoms with Gasteiger partial charge in [-0.3, -0.25) is 4.79 Å². The Hall–Kier alpha value is -3.11. The molecule has 1 amide bonds. The number of nitrogens with zero attached hydrogens (tertiary/aromatic N) is 2. The lowest BCUT2D eigenvalue weighted by atomic mass is 10.2. The zero-order valence-corrected chi connectivity index (χ0v) is 13.4. The van der Waals surface area contributed by atoms with Crippen LogP contribution in [0.1, 0.15) is 5.76 Å². The van der Waals surface area contributed by atoms with Gasteiger partial charge in [0.15, 0.2) is 5.88 Å². The molecule has 0 unspecified atom stereocenters. The third-order valence-corrected chi connectivity index (χ3v) is 3.71. The molecule has 2 heterocycles. The summed E-state index contributed by atoms with van der Waals surface area (Å²) in [6, 6.07) is 11.0. The Labute approximate surface area is 144 Å². The SMILES string of the molecule is N#C/C(=C\c1ccc(N2CCOCC2)o1)C(=O)Nc1ccccc1F. The summed E-state index contributed by atoms with van der Waals surface area (Å²) in [6.45, 7) is 2.69. The molecule has 3 rings (SSSR count). The number of nitrogens with one attached hydrogen (secondary N) is 1. The number of hydrogen-bond acceptors (Lipinski definition) is 5. The maximum atomic E-state index is 13.6. The average molecular weight is 341 g/mol. The summed E-state index contributed by atoms with van der Waals surface area (Å²) in [7, 11) is 0. The quantitative estimate of drug-likeness (QED) is 0.683. The van der Waals surface area contributed by atoms with Crippen LogP contribution in [-0.4, -0.2) is 32.2 Å². The second kappa shape index (κ2) is 7.64. The monoisotopic (exact) mass is 341 g/mol. The summed E-state index contributed by atoms with van der Waals surface area (Å²) in [5.41, 5.74) is -0.159. The molecule has 0 radical (unpaired) electrons. The lowest BCUT2D eigenvalue weighted by molar-refractivity contribution is -0.112. The predicted molar refractivity (Wildman–Crippen MR) is 90.4 cm³/mol. The summed E-state index contributed by atoms with van der Waals surface area (Å²) >= 11 is 0. The molecule has 0 aliphatic carbocycles. The Bertz CT molecular complexity index is 832. The van der Waals surface area contributed by atoms with Gasteiger partial charge in [-0.05, 0) is 18.2 Å². The smallest absolute Gasteiger partial charge is 0.266 e. The molecule has 0 saturated carbocycles. The van der Waals surface area contributed by atoms with Crippen LogP contribution in [-0.2, 0) is 9.53 Å². The van der Waals surface area contributed by atoms with Gasteiger partial charge in [-0.1, -0.05) is 12.1 Å². The Morgan fingerprint density at radius 2 is 2.00 bits per heavy atom. The van der Waals surface area contributed by atoms with E-state index in [2.05, 4.69) is 5.32 Å². The van der Waals surface area contributed by atoms with Crippen molar-refractivity contribution in [2.45, 2.75) is 0 Å². The Balaban J connectivity index is 1.74. The molecule has 6 nitrogen and oxygen atoms in total. The van der Waals surface area contributed by atoms with Crippen LogP contribution in [0.4, 0.5) is 16.0 Å². The molecule has 1 aliphatic heterocycles. The zero-order chi connectivity index (χ0) is 17.6. The molecule has 128 valence electrons. The second-order valence-electron chi connectivity index (χ2n) is 5.38. The van der Waals surface area contributed by atoms with Crippen LogP contribution in [0.25, 0.3) is 6.08 Å². The number of rotatable bonds is 4. The van der Waals surface area contributed by atoms with Crippen molar-refractivity contribution in [3.63, 3.8) is 0 Å². The van der Waals surface area contributed by atoms with E-state index >= 15 is 0 Å². The number of ether oxygens (including phenoxy) is 1. The van der Waals surface area contributed by atoms with Crippen molar-refractivity contribution in [2.75, 3.05) is 36.5 Å². The van der Waals surface area contributed by atoms with E-state index in [-0.39, 0.29) is 11.3 Å². The molecule has 0 spiro atoms. The summed E-state index contributed by atoms with van der Waals surface area (Å²) in [5, 5.41) is 11.6. The molecule has 1 saturated heterocycles. The molecular weight excluding hydrogens is 325 g/mol. The molecule has 1 N–H and O–H groups in total. The standard InChI is InChI=1S/C18H16FN3O3/c19-15-3-1-2-4-16(15)21-18(23)13(12-20)11-14-5-6-17(25-14)22-7-9-24-10-8-22/h1-6,11H,7-10H2,(H,21,23)/b13-11+. The van der Waals surface area contributed by atoms with Gasteiger partial charge in [-0.15, -0.1) is 0 Å². The van der Waals surface area contributed by atoms with Crippen molar-refractivity contribution >= 4 is 23.6 Å². The summed E-state index contributed by atoms with van der Waals surface area (Å²) in [5.74, 6) is -0.235. The molecule has 7 heteroatoms. The first-order valence-corrected chi connectivity index (χ1v) is 7.77. The molecular formula is C18H16FN3O3. The highest BCUT2D eigenvalue weighted by Gasteiger charge is 2.16. The maximum Gasteiger partial charge on any atom is 0.266 e. The van der Waals surface area contributed by atoms with E-state index < -0.39 is 11.7 Å². The average Bonchev–Trinajstić information content (AvgIpc) is 3.11. The van der Waals surface area contributed by atoms with Gasteiger partial charge in [-0.2, -0.15) is 5.26 Å². The molecule has 1 aliphatic rings. The first-order chi connectivity index (χ1) is 12.2. The van der Waals surface area contributed by atoms with Gasteiger partial charge < -0.3 is 19.4 Å². The molecule has 1 fully saturated rings. The number of carbonyl (C=O) groups excluding carboxylic acids is 1. The lowest BCUT2D eigenvalue weighted by Gasteiger charge is -2.26. The van der Waals surface area contributed by atoms with Crippen LogP contribution >= 0.6 is 0 Å². The number of anilines is 2. The zero-order valence-electron chi connectivity index (χ0n) is 13.4. The van der Waals surface area contributed by atoms with E-state index in [1.54, 1.807) is 18.2 Å². The third kappa shape index (κ3) is 4.05. The van der Waals surface area contributed by atoms with Crippen molar-refractivity contribution < 1.29 is 18.3 Å². The second-order valence-corrected chi connectivity index (χ2v) is 5.38. The third-order valence-electron chi connectivity index (χ3n) is 3.71. The van der Waals surface area contributed by atoms with Gasteiger partial charge in [0.1, 0.15) is 23.2 Å². The normalized spacial score (nSPS) is 14.9. The number of hydrogen-bond donors (Lipinski definition) is 1. The van der Waals surface area contributed by atoms with Crippen molar-refractivity contribution in [3.05, 3.63) is 53.5 Å². The Morgan fingerprint density at radius 3 is 2.72 bits per heavy atom. The van der Waals surface area contributed by atoms with Gasteiger partial charge in [0.25, 0.3) is 5.91 Å². The van der Waals surface area contributed by atoms with Crippen molar-refractivity contribution in [3.8, 4) is 6.07 Å². The fourth-order valence-electron chi connectivity index (χ4n) is 2.42. The minimum atomic E-state index is -0.697. The fraction of sp³-hybridized carbons (Fsp3) is 0.222. The van der Waals surface area contributed by atoms with Gasteiger partial charge >= 0.3 is 0 Å². The number of nitriles is 1. The van der Waals surface area contributed by atoms with Crippen LogP contribution in [0.2, 0.25) is 0 Å². The number of halogens is 1. The van der Waals surface area contributed by atoms with E-state index in [1.165, 1.54) is 24.3 Å². The maximum absolute atomic E-state index is 13.6. The minimum absolute atomic E-state index is 0.0158. The number of para-hydroxylation sites is 1. The molecule has 25 heavy (non-hydrogen) atoms. The lowest BCUT2D eigenvalue weighted by Crippen LogP contribution is -2.35. The number of benzene rings is 1. The summed E-state index contributed by atoms with van der Waals surface area (Å²) < 4.78 is 24.6. The van der Waals surface area contributed by atoms with Gasteiger partial charge in [-0.25, -0.2) is 4.39 Å². The van der Waals surface area contributed by atoms with E-state index in [4.69, 9.17) is 9.15 Å². The molecule has 0 bridgehead atoms. The van der Waals surface area contributed by atoms with Crippen molar-refractivity contribution in [2.24, 2.45) is 0 Å². The first-order valence-electron chi connectivity index (χ1n) is 7.77. The highest BCUT2D eigenvalue weighted by atomic mass is 19.1. The molecule has 0 atom stereocenters. The predicted octanol–water partition coefficient (Wildman–Crippen LogP) is 2.80. The van der Waals surface area contributed by atoms with Crippen molar-refractivity contribution in [1.29, 1.82) is 5.26 Å². The van der Waals surface area contributed by atoms with E-state index in [9.17, 15) is 14.4 Å². The molecule has 1 aromatic heterocycles. The summed E-state index contributed by atoms with van der Waals surface area (Å²) in [4.78, 5) is 14.2. The Kier molecular flexibility index (Phi) is 5.11. The van der Waals surface area contributed by atoms with Gasteiger partial charge in [0, 0.05) is 25.2 Å². The molecule has 1 aromatic carbocycles. The number of furan rings is 1. The van der Waals surface area contributed by atoms with Crippen molar-refractivity contribution in [1.82, 2.24) is 0 Å². The highest BCUT2D eigenvalue weighted by molar-refractivity contribution is 6.09. The highest BCUT2D eigenvalue weighted by Crippen LogP contribution is 2.22. The topological polar surface area (TPSA) is 78.5 Å². The van der Waals surface area contributed by atoms with Gasteiger partial charge in [0.2, 0.25) is 0 Å². The fourth-order valence-corrected chi connectivity index (χ4v) is 2.42. The summed E-state index contributed by atoms with van der Waals surface area (Å²) in [6.07, 6.45) is 1.33. The van der Waals surface area contributed by atoms with Crippen LogP contribution in [0, 0.1) is 17.1 Å². The van der Waals surface area contributed by atoms with Gasteiger partial charge in [0.05, 0.1) is 18.9 Å². The van der Waals surface area contributed by atoms with Crippen LogP contribution in [0.5, 0.6) is 0 Å². The largest absolute Gasteiger partial charge is 0.441 e. The van der Waals surface area contributed by atoms with Crippen LogP contribution < -0.4 is 10.2 Å². The van der Waals surface area contributed by atoms with E-state index in [1.807, 2.05) is 11.0 Å².